The predicted octanol–water partition coefficient (Wildman–Crippen LogP) is 5.49. The van der Waals surface area contributed by atoms with Crippen molar-refractivity contribution < 1.29 is 9.53 Å². The van der Waals surface area contributed by atoms with Crippen molar-refractivity contribution in [3.05, 3.63) is 24.3 Å². The monoisotopic (exact) mass is 332 g/mol. The number of carbonyl (C=O) groups excluding carboxylic acids is 1. The number of methoxy groups -OCH3 is 1. The third kappa shape index (κ3) is 7.24. The molecule has 4 heteroatoms. The van der Waals surface area contributed by atoms with Crippen LogP contribution in [0.5, 0.6) is 5.75 Å². The Morgan fingerprint density at radius 2 is 1.38 bits per heavy atom. The number of rotatable bonds is 3. The Morgan fingerprint density at radius 3 is 1.88 bits per heavy atom. The summed E-state index contributed by atoms with van der Waals surface area (Å²) in [6.45, 7) is 0. The molecule has 1 saturated carbocycles. The summed E-state index contributed by atoms with van der Waals surface area (Å²) >= 11 is 0. The quantitative estimate of drug-likeness (QED) is 0.769. The summed E-state index contributed by atoms with van der Waals surface area (Å²) in [5.74, 6) is 0.792. The van der Waals surface area contributed by atoms with Gasteiger partial charge < -0.3 is 15.4 Å². The van der Waals surface area contributed by atoms with Crippen molar-refractivity contribution in [2.45, 2.75) is 76.7 Å². The summed E-state index contributed by atoms with van der Waals surface area (Å²) in [5, 5.41) is 6.09. The molecule has 2 N–H and O–H groups in total. The van der Waals surface area contributed by atoms with E-state index in [-0.39, 0.29) is 6.03 Å². The second-order valence-corrected chi connectivity index (χ2v) is 6.78. The van der Waals surface area contributed by atoms with Crippen LogP contribution in [-0.2, 0) is 0 Å². The van der Waals surface area contributed by atoms with Gasteiger partial charge in [-0.3, -0.25) is 0 Å². The van der Waals surface area contributed by atoms with Gasteiger partial charge in [0.25, 0.3) is 0 Å². The van der Waals surface area contributed by atoms with Crippen LogP contribution in [-0.4, -0.2) is 19.2 Å². The Morgan fingerprint density at radius 1 is 0.875 bits per heavy atom. The largest absolute Gasteiger partial charge is 0.497 e. The SMILES string of the molecule is COc1ccc(NC(=O)NC2CCCCCCCCCCC2)cc1. The molecule has 0 heterocycles. The van der Waals surface area contributed by atoms with Gasteiger partial charge in [0.15, 0.2) is 0 Å². The third-order valence-corrected chi connectivity index (χ3v) is 4.79. The van der Waals surface area contributed by atoms with Crippen LogP contribution in [0.15, 0.2) is 24.3 Å². The molecule has 0 aliphatic heterocycles. The van der Waals surface area contributed by atoms with E-state index in [4.69, 9.17) is 4.74 Å². The van der Waals surface area contributed by atoms with Crippen molar-refractivity contribution in [2.75, 3.05) is 12.4 Å². The minimum atomic E-state index is -0.0998. The lowest BCUT2D eigenvalue weighted by Crippen LogP contribution is -2.38. The second-order valence-electron chi connectivity index (χ2n) is 6.78. The van der Waals surface area contributed by atoms with Gasteiger partial charge >= 0.3 is 6.03 Å². The first-order valence-electron chi connectivity index (χ1n) is 9.49. The summed E-state index contributed by atoms with van der Waals surface area (Å²) in [6.07, 6.45) is 14.0. The Labute approximate surface area is 146 Å². The highest BCUT2D eigenvalue weighted by atomic mass is 16.5. The standard InChI is InChI=1S/C20H32N2O2/c1-24-19-15-13-18(14-16-19)22-20(23)21-17-11-9-7-5-3-2-4-6-8-10-12-17/h13-17H,2-12H2,1H3,(H2,21,22,23). The van der Waals surface area contributed by atoms with E-state index in [1.807, 2.05) is 24.3 Å². The number of benzene rings is 1. The molecule has 0 saturated heterocycles. The molecular formula is C20H32N2O2. The Kier molecular flexibility index (Phi) is 8.50. The highest BCUT2D eigenvalue weighted by Gasteiger charge is 2.12. The first kappa shape index (κ1) is 18.6. The summed E-state index contributed by atoms with van der Waals surface area (Å²) in [4.78, 5) is 12.3. The highest BCUT2D eigenvalue weighted by molar-refractivity contribution is 5.89. The third-order valence-electron chi connectivity index (χ3n) is 4.79. The molecule has 1 aromatic rings. The average Bonchev–Trinajstić information content (AvgIpc) is 2.58. The first-order valence-corrected chi connectivity index (χ1v) is 9.49. The maximum Gasteiger partial charge on any atom is 0.319 e. The molecule has 1 aromatic carbocycles. The van der Waals surface area contributed by atoms with Gasteiger partial charge in [-0.15, -0.1) is 0 Å². The molecule has 0 unspecified atom stereocenters. The van der Waals surface area contributed by atoms with E-state index in [0.717, 1.165) is 24.3 Å². The molecule has 0 spiro atoms. The van der Waals surface area contributed by atoms with Crippen molar-refractivity contribution in [3.63, 3.8) is 0 Å². The molecule has 0 bridgehead atoms. The summed E-state index contributed by atoms with van der Waals surface area (Å²) in [6, 6.07) is 7.62. The number of amides is 2. The van der Waals surface area contributed by atoms with Crippen molar-refractivity contribution in [1.82, 2.24) is 5.32 Å². The van der Waals surface area contributed by atoms with Gasteiger partial charge in [-0.1, -0.05) is 57.8 Å². The molecule has 134 valence electrons. The van der Waals surface area contributed by atoms with E-state index in [2.05, 4.69) is 10.6 Å². The molecule has 1 aliphatic carbocycles. The average molecular weight is 332 g/mol. The van der Waals surface area contributed by atoms with E-state index in [1.165, 1.54) is 57.8 Å². The molecule has 1 aliphatic rings. The Balaban J connectivity index is 1.79. The van der Waals surface area contributed by atoms with Crippen molar-refractivity contribution >= 4 is 11.7 Å². The zero-order valence-corrected chi connectivity index (χ0v) is 15.0. The zero-order valence-electron chi connectivity index (χ0n) is 15.0. The molecule has 0 aromatic heterocycles. The molecule has 2 amide bonds. The molecule has 0 radical (unpaired) electrons. The number of hydrogen-bond acceptors (Lipinski definition) is 2. The Bertz CT molecular complexity index is 461. The Hall–Kier alpha value is -1.71. The number of anilines is 1. The molecule has 1 fully saturated rings. The van der Waals surface area contributed by atoms with Gasteiger partial charge in [0.05, 0.1) is 7.11 Å². The predicted molar refractivity (Wildman–Crippen MR) is 99.7 cm³/mol. The van der Waals surface area contributed by atoms with Gasteiger partial charge in [-0.25, -0.2) is 4.79 Å². The fraction of sp³-hybridized carbons (Fsp3) is 0.650. The maximum absolute atomic E-state index is 12.3. The van der Waals surface area contributed by atoms with Crippen molar-refractivity contribution in [1.29, 1.82) is 0 Å². The molecular weight excluding hydrogens is 300 g/mol. The van der Waals surface area contributed by atoms with Crippen LogP contribution in [0.25, 0.3) is 0 Å². The molecule has 24 heavy (non-hydrogen) atoms. The fourth-order valence-electron chi connectivity index (χ4n) is 3.33. The zero-order chi connectivity index (χ0) is 17.0. The summed E-state index contributed by atoms with van der Waals surface area (Å²) in [7, 11) is 1.64. The normalized spacial score (nSPS) is 18.0. The van der Waals surface area contributed by atoms with E-state index < -0.39 is 0 Å². The molecule has 4 nitrogen and oxygen atoms in total. The summed E-state index contributed by atoms with van der Waals surface area (Å²) in [5.41, 5.74) is 0.793. The van der Waals surface area contributed by atoms with Crippen LogP contribution in [0.3, 0.4) is 0 Å². The maximum atomic E-state index is 12.3. The molecule has 0 atom stereocenters. The van der Waals surface area contributed by atoms with Gasteiger partial charge in [0.1, 0.15) is 5.75 Å². The van der Waals surface area contributed by atoms with Gasteiger partial charge in [-0.05, 0) is 37.1 Å². The number of nitrogens with one attached hydrogen (secondary N) is 2. The van der Waals surface area contributed by atoms with Crippen LogP contribution in [0.4, 0.5) is 10.5 Å². The van der Waals surface area contributed by atoms with Crippen LogP contribution < -0.4 is 15.4 Å². The van der Waals surface area contributed by atoms with E-state index in [0.29, 0.717) is 6.04 Å². The van der Waals surface area contributed by atoms with E-state index in [1.54, 1.807) is 7.11 Å². The topological polar surface area (TPSA) is 50.4 Å². The lowest BCUT2D eigenvalue weighted by molar-refractivity contribution is 0.246. The van der Waals surface area contributed by atoms with Gasteiger partial charge in [-0.2, -0.15) is 0 Å². The van der Waals surface area contributed by atoms with Crippen LogP contribution >= 0.6 is 0 Å². The summed E-state index contributed by atoms with van der Waals surface area (Å²) < 4.78 is 5.13. The number of urea groups is 1. The first-order chi connectivity index (χ1) is 11.8. The fourth-order valence-corrected chi connectivity index (χ4v) is 3.33. The van der Waals surface area contributed by atoms with Gasteiger partial charge in [0, 0.05) is 11.7 Å². The van der Waals surface area contributed by atoms with Gasteiger partial charge in [0.2, 0.25) is 0 Å². The minimum Gasteiger partial charge on any atom is -0.497 e. The van der Waals surface area contributed by atoms with E-state index in [9.17, 15) is 4.79 Å². The van der Waals surface area contributed by atoms with Crippen LogP contribution in [0.2, 0.25) is 0 Å². The van der Waals surface area contributed by atoms with Crippen LogP contribution in [0.1, 0.15) is 70.6 Å². The lowest BCUT2D eigenvalue weighted by atomic mass is 9.98. The number of carbonyl (C=O) groups is 1. The smallest absolute Gasteiger partial charge is 0.319 e. The number of hydrogen-bond donors (Lipinski definition) is 2. The highest BCUT2D eigenvalue weighted by Crippen LogP contribution is 2.18. The van der Waals surface area contributed by atoms with Crippen LogP contribution in [0, 0.1) is 0 Å². The molecule has 2 rings (SSSR count). The number of ether oxygens (including phenoxy) is 1. The minimum absolute atomic E-state index is 0.0998. The van der Waals surface area contributed by atoms with Crippen molar-refractivity contribution in [2.24, 2.45) is 0 Å². The second kappa shape index (κ2) is 11.0. The van der Waals surface area contributed by atoms with Crippen molar-refractivity contribution in [3.8, 4) is 5.75 Å². The van der Waals surface area contributed by atoms with E-state index >= 15 is 0 Å². The lowest BCUT2D eigenvalue weighted by Gasteiger charge is -2.20.